The van der Waals surface area contributed by atoms with Gasteiger partial charge in [-0.25, -0.2) is 4.79 Å². The van der Waals surface area contributed by atoms with Crippen LogP contribution in [0.4, 0.5) is 0 Å². The van der Waals surface area contributed by atoms with Gasteiger partial charge in [0, 0.05) is 11.9 Å². The molecule has 0 aliphatic rings. The van der Waals surface area contributed by atoms with Gasteiger partial charge >= 0.3 is 5.97 Å². The molecule has 124 valence electrons. The second-order valence-corrected chi connectivity index (χ2v) is 7.55. The van der Waals surface area contributed by atoms with Gasteiger partial charge in [-0.15, -0.1) is 11.3 Å². The van der Waals surface area contributed by atoms with Crippen LogP contribution in [0.15, 0.2) is 70.5 Å². The number of aromatic carboxylic acids is 1. The van der Waals surface area contributed by atoms with Crippen molar-refractivity contribution in [2.24, 2.45) is 0 Å². The number of carboxylic acids is 1. The predicted molar refractivity (Wildman–Crippen MR) is 105 cm³/mol. The van der Waals surface area contributed by atoms with Crippen molar-refractivity contribution in [1.82, 2.24) is 4.57 Å². The van der Waals surface area contributed by atoms with E-state index in [9.17, 15) is 9.90 Å². The van der Waals surface area contributed by atoms with Gasteiger partial charge < -0.3 is 9.67 Å². The molecule has 0 atom stereocenters. The molecule has 0 saturated carbocycles. The van der Waals surface area contributed by atoms with Crippen LogP contribution in [-0.4, -0.2) is 15.6 Å². The van der Waals surface area contributed by atoms with Crippen molar-refractivity contribution in [3.05, 3.63) is 81.8 Å². The fourth-order valence-corrected chi connectivity index (χ4v) is 4.68. The number of thiophene rings is 1. The number of nitrogens with zero attached hydrogens (tertiary/aromatic N) is 1. The minimum absolute atomic E-state index is 0.315. The topological polar surface area (TPSA) is 42.2 Å². The lowest BCUT2D eigenvalue weighted by molar-refractivity contribution is 0.0686. The van der Waals surface area contributed by atoms with Gasteiger partial charge in [0.1, 0.15) is 5.69 Å². The number of carboxylic acid groups (broad SMARTS) is 1. The second kappa shape index (κ2) is 6.50. The van der Waals surface area contributed by atoms with Crippen molar-refractivity contribution in [3.8, 4) is 11.1 Å². The Bertz CT molecular complexity index is 1050. The minimum Gasteiger partial charge on any atom is -0.477 e. The lowest BCUT2D eigenvalue weighted by Crippen LogP contribution is -2.09. The maximum absolute atomic E-state index is 11.6. The van der Waals surface area contributed by atoms with Gasteiger partial charge in [0.05, 0.1) is 14.7 Å². The zero-order valence-corrected chi connectivity index (χ0v) is 15.5. The Morgan fingerprint density at radius 1 is 1.04 bits per heavy atom. The van der Waals surface area contributed by atoms with Crippen LogP contribution in [0.25, 0.3) is 21.3 Å². The van der Waals surface area contributed by atoms with Crippen LogP contribution >= 0.6 is 27.3 Å². The largest absolute Gasteiger partial charge is 0.477 e. The summed E-state index contributed by atoms with van der Waals surface area (Å²) in [5, 5.41) is 11.5. The van der Waals surface area contributed by atoms with E-state index in [0.717, 1.165) is 25.8 Å². The number of benzene rings is 2. The quantitative estimate of drug-likeness (QED) is 0.455. The van der Waals surface area contributed by atoms with E-state index < -0.39 is 5.97 Å². The summed E-state index contributed by atoms with van der Waals surface area (Å²) in [6.45, 7) is 0.523. The zero-order valence-electron chi connectivity index (χ0n) is 13.1. The van der Waals surface area contributed by atoms with Crippen molar-refractivity contribution in [1.29, 1.82) is 0 Å². The van der Waals surface area contributed by atoms with Gasteiger partial charge in [0.2, 0.25) is 0 Å². The van der Waals surface area contributed by atoms with E-state index >= 15 is 0 Å². The Hall–Kier alpha value is -2.37. The van der Waals surface area contributed by atoms with Crippen LogP contribution in [0.3, 0.4) is 0 Å². The van der Waals surface area contributed by atoms with Crippen molar-refractivity contribution < 1.29 is 9.90 Å². The van der Waals surface area contributed by atoms with E-state index in [1.807, 2.05) is 28.1 Å². The number of aromatic nitrogens is 1. The Morgan fingerprint density at radius 2 is 1.72 bits per heavy atom. The number of fused-ring (bicyclic) bond motifs is 1. The molecule has 0 amide bonds. The molecule has 0 radical (unpaired) electrons. The van der Waals surface area contributed by atoms with E-state index in [0.29, 0.717) is 12.2 Å². The molecule has 2 aromatic carbocycles. The summed E-state index contributed by atoms with van der Waals surface area (Å²) in [4.78, 5) is 11.6. The molecule has 3 nitrogen and oxygen atoms in total. The van der Waals surface area contributed by atoms with Crippen molar-refractivity contribution in [3.63, 3.8) is 0 Å². The molecule has 0 unspecified atom stereocenters. The van der Waals surface area contributed by atoms with E-state index in [1.54, 1.807) is 17.4 Å². The van der Waals surface area contributed by atoms with Crippen LogP contribution in [-0.2, 0) is 6.54 Å². The summed E-state index contributed by atoms with van der Waals surface area (Å²) in [5.41, 5.74) is 4.64. The Kier molecular flexibility index (Phi) is 4.19. The van der Waals surface area contributed by atoms with Crippen molar-refractivity contribution in [2.75, 3.05) is 0 Å². The van der Waals surface area contributed by atoms with Crippen LogP contribution in [0.1, 0.15) is 16.1 Å². The Labute approximate surface area is 157 Å². The highest BCUT2D eigenvalue weighted by Gasteiger charge is 2.18. The lowest BCUT2D eigenvalue weighted by Gasteiger charge is -2.09. The number of hydrogen-bond donors (Lipinski definition) is 1. The number of rotatable bonds is 4. The van der Waals surface area contributed by atoms with E-state index in [4.69, 9.17) is 0 Å². The summed E-state index contributed by atoms with van der Waals surface area (Å²) in [6, 6.07) is 20.2. The van der Waals surface area contributed by atoms with Gasteiger partial charge in [-0.2, -0.15) is 0 Å². The van der Waals surface area contributed by atoms with Gasteiger partial charge in [0.15, 0.2) is 0 Å². The summed E-state index contributed by atoms with van der Waals surface area (Å²) in [5.74, 6) is -0.906. The van der Waals surface area contributed by atoms with Crippen LogP contribution < -0.4 is 0 Å². The van der Waals surface area contributed by atoms with Gasteiger partial charge in [0.25, 0.3) is 0 Å². The fraction of sp³-hybridized carbons (Fsp3) is 0.0500. The highest BCUT2D eigenvalue weighted by atomic mass is 79.9. The Balaban J connectivity index is 1.71. The molecule has 0 aliphatic heterocycles. The zero-order chi connectivity index (χ0) is 17.4. The third-order valence-corrected chi connectivity index (χ3v) is 6.02. The summed E-state index contributed by atoms with van der Waals surface area (Å²) in [7, 11) is 0. The first-order valence-corrected chi connectivity index (χ1v) is 9.44. The Morgan fingerprint density at radius 3 is 2.40 bits per heavy atom. The second-order valence-electron chi connectivity index (χ2n) is 5.78. The SMILES string of the molecule is O=C(O)c1cc2scc(Br)c2n1Cc1ccc(-c2ccccc2)cc1. The highest BCUT2D eigenvalue weighted by molar-refractivity contribution is 9.10. The molecule has 5 heteroatoms. The average Bonchev–Trinajstić information content (AvgIpc) is 3.17. The van der Waals surface area contributed by atoms with E-state index in [-0.39, 0.29) is 0 Å². The molecule has 0 fully saturated rings. The molecule has 4 aromatic rings. The maximum atomic E-state index is 11.6. The third kappa shape index (κ3) is 3.01. The monoisotopic (exact) mass is 411 g/mol. The molecule has 0 spiro atoms. The molecule has 0 saturated heterocycles. The highest BCUT2D eigenvalue weighted by Crippen LogP contribution is 2.34. The van der Waals surface area contributed by atoms with E-state index in [2.05, 4.69) is 52.3 Å². The summed E-state index contributed by atoms with van der Waals surface area (Å²) >= 11 is 5.08. The van der Waals surface area contributed by atoms with Crippen LogP contribution in [0.5, 0.6) is 0 Å². The van der Waals surface area contributed by atoms with E-state index in [1.165, 1.54) is 5.56 Å². The third-order valence-electron chi connectivity index (χ3n) is 4.20. The first kappa shape index (κ1) is 16.1. The first-order chi connectivity index (χ1) is 12.1. The molecule has 4 rings (SSSR count). The van der Waals surface area contributed by atoms with Gasteiger partial charge in [-0.05, 0) is 38.7 Å². The number of hydrogen-bond acceptors (Lipinski definition) is 2. The standard InChI is InChI=1S/C20H14BrNO2S/c21-16-12-25-18-10-17(20(23)24)22(19(16)18)11-13-6-8-15(9-7-13)14-4-2-1-3-5-14/h1-10,12H,11H2,(H,23,24). The predicted octanol–water partition coefficient (Wildman–Crippen LogP) is 5.88. The first-order valence-electron chi connectivity index (χ1n) is 7.77. The molecular weight excluding hydrogens is 398 g/mol. The molecule has 2 aromatic heterocycles. The molecule has 1 N–H and O–H groups in total. The van der Waals surface area contributed by atoms with Gasteiger partial charge in [-0.3, -0.25) is 0 Å². The minimum atomic E-state index is -0.906. The number of halogens is 1. The van der Waals surface area contributed by atoms with Crippen molar-refractivity contribution in [2.45, 2.75) is 6.54 Å². The van der Waals surface area contributed by atoms with Gasteiger partial charge in [-0.1, -0.05) is 54.6 Å². The summed E-state index contributed by atoms with van der Waals surface area (Å²) in [6.07, 6.45) is 0. The molecule has 0 aliphatic carbocycles. The smallest absolute Gasteiger partial charge is 0.352 e. The van der Waals surface area contributed by atoms with Crippen LogP contribution in [0.2, 0.25) is 0 Å². The summed E-state index contributed by atoms with van der Waals surface area (Å²) < 4.78 is 3.77. The van der Waals surface area contributed by atoms with Crippen LogP contribution in [0, 0.1) is 0 Å². The molecule has 2 heterocycles. The lowest BCUT2D eigenvalue weighted by atomic mass is 10.0. The molecule has 0 bridgehead atoms. The molecular formula is C20H14BrNO2S. The molecule has 25 heavy (non-hydrogen) atoms. The normalized spacial score (nSPS) is 11.1. The average molecular weight is 412 g/mol. The van der Waals surface area contributed by atoms with Crippen molar-refractivity contribution >= 4 is 43.5 Å². The number of carbonyl (C=O) groups is 1. The maximum Gasteiger partial charge on any atom is 0.352 e. The fourth-order valence-electron chi connectivity index (χ4n) is 2.99.